The molecule has 1 amide bonds. The van der Waals surface area contributed by atoms with Gasteiger partial charge in [0, 0.05) is 24.7 Å². The zero-order chi connectivity index (χ0) is 20.9. The summed E-state index contributed by atoms with van der Waals surface area (Å²) in [6, 6.07) is 15.7. The van der Waals surface area contributed by atoms with E-state index < -0.39 is 0 Å². The number of thioether (sulfide) groups is 1. The summed E-state index contributed by atoms with van der Waals surface area (Å²) in [6.07, 6.45) is 2.29. The van der Waals surface area contributed by atoms with E-state index in [1.165, 1.54) is 17.3 Å². The van der Waals surface area contributed by atoms with Gasteiger partial charge in [-0.2, -0.15) is 0 Å². The maximum absolute atomic E-state index is 12.4. The number of benzene rings is 2. The fourth-order valence-electron chi connectivity index (χ4n) is 3.50. The highest BCUT2D eigenvalue weighted by atomic mass is 35.5. The van der Waals surface area contributed by atoms with Gasteiger partial charge in [-0.3, -0.25) is 9.36 Å². The maximum Gasteiger partial charge on any atom is 0.232 e. The number of carbonyl (C=O) groups excluding carboxylic acids is 1. The van der Waals surface area contributed by atoms with Crippen LogP contribution < -0.4 is 10.2 Å². The third-order valence-corrected chi connectivity index (χ3v) is 6.31. The first-order chi connectivity index (χ1) is 14.6. The van der Waals surface area contributed by atoms with Gasteiger partial charge >= 0.3 is 0 Å². The Bertz CT molecular complexity index is 1030. The number of anilines is 1. The van der Waals surface area contributed by atoms with E-state index in [0.717, 1.165) is 43.1 Å². The molecule has 30 heavy (non-hydrogen) atoms. The van der Waals surface area contributed by atoms with Crippen LogP contribution in [0.2, 0.25) is 5.02 Å². The summed E-state index contributed by atoms with van der Waals surface area (Å²) in [7, 11) is 0. The fraction of sp³-hybridized carbons (Fsp3) is 0.318. The number of carbonyl (C=O) groups is 1. The Hall–Kier alpha value is -2.51. The zero-order valence-electron chi connectivity index (χ0n) is 16.8. The van der Waals surface area contributed by atoms with Crippen LogP contribution >= 0.6 is 23.4 Å². The second-order valence-electron chi connectivity index (χ2n) is 7.28. The molecule has 2 heterocycles. The Kier molecular flexibility index (Phi) is 6.59. The molecule has 8 heteroatoms. The molecule has 1 saturated heterocycles. The first-order valence-corrected chi connectivity index (χ1v) is 11.4. The molecule has 0 unspecified atom stereocenters. The molecular weight excluding hydrogens is 418 g/mol. The lowest BCUT2D eigenvalue weighted by Gasteiger charge is -2.18. The van der Waals surface area contributed by atoms with Gasteiger partial charge in [0.05, 0.1) is 11.4 Å². The van der Waals surface area contributed by atoms with E-state index in [1.54, 1.807) is 0 Å². The number of nitrogens with one attached hydrogen (secondary N) is 1. The van der Waals surface area contributed by atoms with Gasteiger partial charge in [0.2, 0.25) is 11.9 Å². The Morgan fingerprint density at radius 2 is 1.93 bits per heavy atom. The van der Waals surface area contributed by atoms with Crippen molar-refractivity contribution in [2.45, 2.75) is 31.5 Å². The lowest BCUT2D eigenvalue weighted by molar-refractivity contribution is -0.118. The summed E-state index contributed by atoms with van der Waals surface area (Å²) in [5.74, 6) is 1.04. The van der Waals surface area contributed by atoms with Crippen molar-refractivity contribution in [2.24, 2.45) is 0 Å². The lowest BCUT2D eigenvalue weighted by Crippen LogP contribution is -2.25. The molecule has 0 spiro atoms. The van der Waals surface area contributed by atoms with E-state index >= 15 is 0 Å². The van der Waals surface area contributed by atoms with Gasteiger partial charge in [0.1, 0.15) is 0 Å². The van der Waals surface area contributed by atoms with E-state index in [-0.39, 0.29) is 11.7 Å². The molecule has 0 atom stereocenters. The Balaban J connectivity index is 1.48. The summed E-state index contributed by atoms with van der Waals surface area (Å²) < 4.78 is 2.00. The molecule has 1 aromatic heterocycles. The molecule has 0 saturated carbocycles. The number of nitrogens with zero attached hydrogens (tertiary/aromatic N) is 4. The molecule has 0 radical (unpaired) electrons. The normalized spacial score (nSPS) is 13.6. The van der Waals surface area contributed by atoms with Gasteiger partial charge in [-0.05, 0) is 49.1 Å². The topological polar surface area (TPSA) is 63.1 Å². The second kappa shape index (κ2) is 9.53. The first-order valence-electron chi connectivity index (χ1n) is 10.0. The molecule has 1 aliphatic heterocycles. The minimum Gasteiger partial charge on any atom is -0.351 e. The number of hydrogen-bond donors (Lipinski definition) is 1. The van der Waals surface area contributed by atoms with E-state index in [9.17, 15) is 4.79 Å². The quantitative estimate of drug-likeness (QED) is 0.555. The third kappa shape index (κ3) is 4.79. The molecule has 1 aliphatic rings. The maximum atomic E-state index is 12.4. The highest BCUT2D eigenvalue weighted by Crippen LogP contribution is 2.29. The minimum absolute atomic E-state index is 0.0355. The summed E-state index contributed by atoms with van der Waals surface area (Å²) in [5.41, 5.74) is 3.19. The SMILES string of the molecule is Cc1ccccc1CNC(=O)CSc1nnc(N2CCCC2)n1-c1cccc(Cl)c1. The van der Waals surface area contributed by atoms with Crippen molar-refractivity contribution in [2.75, 3.05) is 23.7 Å². The van der Waals surface area contributed by atoms with E-state index in [1.807, 2.05) is 60.0 Å². The van der Waals surface area contributed by atoms with E-state index in [2.05, 4.69) is 20.4 Å². The van der Waals surface area contributed by atoms with Crippen LogP contribution in [0.3, 0.4) is 0 Å². The van der Waals surface area contributed by atoms with Gasteiger partial charge in [-0.1, -0.05) is 53.7 Å². The molecule has 6 nitrogen and oxygen atoms in total. The Morgan fingerprint density at radius 3 is 2.70 bits per heavy atom. The number of rotatable bonds is 7. The first kappa shape index (κ1) is 20.8. The van der Waals surface area contributed by atoms with Gasteiger partial charge in [0.25, 0.3) is 0 Å². The summed E-state index contributed by atoms with van der Waals surface area (Å²) in [4.78, 5) is 14.7. The summed E-state index contributed by atoms with van der Waals surface area (Å²) in [6.45, 7) is 4.48. The molecule has 1 N–H and O–H groups in total. The largest absolute Gasteiger partial charge is 0.351 e. The predicted molar refractivity (Wildman–Crippen MR) is 122 cm³/mol. The number of halogens is 1. The molecule has 156 valence electrons. The molecular formula is C22H24ClN5OS. The van der Waals surface area contributed by atoms with Gasteiger partial charge in [-0.25, -0.2) is 0 Å². The van der Waals surface area contributed by atoms with E-state index in [4.69, 9.17) is 11.6 Å². The van der Waals surface area contributed by atoms with Crippen LogP contribution in [0.1, 0.15) is 24.0 Å². The number of aryl methyl sites for hydroxylation is 1. The fourth-order valence-corrected chi connectivity index (χ4v) is 4.46. The van der Waals surface area contributed by atoms with Gasteiger partial charge in [-0.15, -0.1) is 10.2 Å². The molecule has 1 fully saturated rings. The van der Waals surface area contributed by atoms with Gasteiger partial charge < -0.3 is 10.2 Å². The highest BCUT2D eigenvalue weighted by Gasteiger charge is 2.23. The molecule has 4 rings (SSSR count). The third-order valence-electron chi connectivity index (χ3n) is 5.14. The summed E-state index contributed by atoms with van der Waals surface area (Å²) >= 11 is 7.61. The monoisotopic (exact) mass is 441 g/mol. The molecule has 2 aromatic carbocycles. The predicted octanol–water partition coefficient (Wildman–Crippen LogP) is 4.24. The van der Waals surface area contributed by atoms with Crippen LogP contribution in [-0.2, 0) is 11.3 Å². The molecule has 0 aliphatic carbocycles. The van der Waals surface area contributed by atoms with Crippen molar-refractivity contribution < 1.29 is 4.79 Å². The van der Waals surface area contributed by atoms with Crippen molar-refractivity contribution in [3.8, 4) is 5.69 Å². The van der Waals surface area contributed by atoms with Crippen LogP contribution in [0.5, 0.6) is 0 Å². The van der Waals surface area contributed by atoms with Crippen molar-refractivity contribution in [1.82, 2.24) is 20.1 Å². The smallest absolute Gasteiger partial charge is 0.232 e. The van der Waals surface area contributed by atoms with Crippen molar-refractivity contribution in [3.05, 3.63) is 64.7 Å². The van der Waals surface area contributed by atoms with Crippen molar-refractivity contribution in [1.29, 1.82) is 0 Å². The second-order valence-corrected chi connectivity index (χ2v) is 8.66. The average Bonchev–Trinajstić information content (AvgIpc) is 3.41. The van der Waals surface area contributed by atoms with Gasteiger partial charge in [0.15, 0.2) is 5.16 Å². The zero-order valence-corrected chi connectivity index (χ0v) is 18.4. The van der Waals surface area contributed by atoms with Crippen LogP contribution in [0, 0.1) is 6.92 Å². The van der Waals surface area contributed by atoms with E-state index in [0.29, 0.717) is 16.7 Å². The minimum atomic E-state index is -0.0355. The van der Waals surface area contributed by atoms with Crippen LogP contribution in [0.25, 0.3) is 5.69 Å². The lowest BCUT2D eigenvalue weighted by atomic mass is 10.1. The molecule has 0 bridgehead atoms. The van der Waals surface area contributed by atoms with Crippen molar-refractivity contribution in [3.63, 3.8) is 0 Å². The number of amides is 1. The standard InChI is InChI=1S/C22H24ClN5OS/c1-16-7-2-3-8-17(16)14-24-20(29)15-30-22-26-25-21(27-11-4-5-12-27)28(22)19-10-6-9-18(23)13-19/h2-3,6-10,13H,4-5,11-12,14-15H2,1H3,(H,24,29). The highest BCUT2D eigenvalue weighted by molar-refractivity contribution is 7.99. The Labute approximate surface area is 185 Å². The van der Waals surface area contributed by atoms with Crippen LogP contribution in [0.15, 0.2) is 53.7 Å². The summed E-state index contributed by atoms with van der Waals surface area (Å²) in [5, 5.41) is 13.1. The van der Waals surface area contributed by atoms with Crippen molar-refractivity contribution >= 4 is 35.2 Å². The number of aromatic nitrogens is 3. The Morgan fingerprint density at radius 1 is 1.13 bits per heavy atom. The van der Waals surface area contributed by atoms with Crippen LogP contribution in [0.4, 0.5) is 5.95 Å². The average molecular weight is 442 g/mol. The molecule has 3 aromatic rings. The van der Waals surface area contributed by atoms with Crippen LogP contribution in [-0.4, -0.2) is 39.5 Å². The number of hydrogen-bond acceptors (Lipinski definition) is 5.